The van der Waals surface area contributed by atoms with Crippen molar-refractivity contribution in [2.24, 2.45) is 0 Å². The second-order valence-corrected chi connectivity index (χ2v) is 12.2. The normalized spacial score (nSPS) is 13.9. The van der Waals surface area contributed by atoms with Gasteiger partial charge in [0, 0.05) is 71.5 Å². The van der Waals surface area contributed by atoms with E-state index in [1.165, 1.54) is 28.0 Å². The Labute approximate surface area is 292 Å². The fourth-order valence-electron chi connectivity index (χ4n) is 6.62. The zero-order valence-electron chi connectivity index (χ0n) is 27.2. The number of hydrogen-bond donors (Lipinski definition) is 1. The van der Waals surface area contributed by atoms with Crippen molar-refractivity contribution in [3.8, 4) is 40.0 Å². The third-order valence-corrected chi connectivity index (χ3v) is 9.18. The predicted octanol–water partition coefficient (Wildman–Crippen LogP) is 6.18. The molecule has 0 unspecified atom stereocenters. The minimum atomic E-state index is -0.596. The average molecular weight is 676 g/mol. The molecule has 4 aromatic rings. The first-order chi connectivity index (χ1) is 24.9. The highest BCUT2D eigenvalue weighted by molar-refractivity contribution is 6.10. The minimum Gasteiger partial charge on any atom is -0.508 e. The molecule has 0 bridgehead atoms. The van der Waals surface area contributed by atoms with E-state index in [1.54, 1.807) is 65.6 Å². The summed E-state index contributed by atoms with van der Waals surface area (Å²) in [4.78, 5) is 58.0. The monoisotopic (exact) mass is 675 g/mol. The first-order valence-electron chi connectivity index (χ1n) is 16.4. The van der Waals surface area contributed by atoms with Gasteiger partial charge in [-0.1, -0.05) is 54.3 Å². The number of nitrogens with zero attached hydrogens (tertiary/aromatic N) is 3. The Morgan fingerprint density at radius 1 is 0.725 bits per heavy atom. The summed E-state index contributed by atoms with van der Waals surface area (Å²) in [6, 6.07) is 30.8. The van der Waals surface area contributed by atoms with Gasteiger partial charge in [0.15, 0.2) is 12.2 Å². The Hall–Kier alpha value is -6.86. The van der Waals surface area contributed by atoms with E-state index >= 15 is 0 Å². The Kier molecular flexibility index (Phi) is 7.93. The van der Waals surface area contributed by atoms with Crippen LogP contribution in [0.25, 0.3) is 33.4 Å². The lowest BCUT2D eigenvalue weighted by molar-refractivity contribution is 0.0554. The summed E-state index contributed by atoms with van der Waals surface area (Å²) >= 11 is 0. The molecule has 0 spiro atoms. The van der Waals surface area contributed by atoms with E-state index in [-0.39, 0.29) is 55.9 Å². The van der Waals surface area contributed by atoms with E-state index < -0.39 is 6.09 Å². The number of phenols is 1. The van der Waals surface area contributed by atoms with Gasteiger partial charge in [0.2, 0.25) is 0 Å². The number of benzene rings is 5. The number of fused-ring (bicyclic) bond motifs is 4. The van der Waals surface area contributed by atoms with Crippen LogP contribution in [0.2, 0.25) is 0 Å². The molecule has 0 atom stereocenters. The van der Waals surface area contributed by atoms with Gasteiger partial charge < -0.3 is 24.1 Å². The van der Waals surface area contributed by atoms with Crippen molar-refractivity contribution in [3.05, 3.63) is 142 Å². The number of carbonyl (C=O) groups is 3. The van der Waals surface area contributed by atoms with Gasteiger partial charge in [0.05, 0.1) is 11.3 Å². The number of amides is 3. The summed E-state index contributed by atoms with van der Waals surface area (Å²) < 4.78 is 11.7. The Morgan fingerprint density at radius 2 is 1.41 bits per heavy atom. The molecule has 1 aliphatic carbocycles. The second kappa shape index (κ2) is 12.9. The van der Waals surface area contributed by atoms with Crippen LogP contribution in [0.3, 0.4) is 0 Å². The van der Waals surface area contributed by atoms with Crippen LogP contribution < -0.4 is 10.3 Å². The maximum Gasteiger partial charge on any atom is 0.411 e. The smallest absolute Gasteiger partial charge is 0.411 e. The third kappa shape index (κ3) is 5.81. The van der Waals surface area contributed by atoms with Gasteiger partial charge in [-0.25, -0.2) is 4.79 Å². The highest BCUT2D eigenvalue weighted by Crippen LogP contribution is 2.42. The SMILES string of the molecule is O=C(OCN1C(=O)c2ccccc2C#Cc2ccccc21)N1CCN(C(=O)c2ccccc2-c2c3ccc(=O)cc-3oc3cc(O)ccc23)CC1. The zero-order valence-corrected chi connectivity index (χ0v) is 27.2. The molecule has 3 amide bonds. The lowest BCUT2D eigenvalue weighted by atomic mass is 9.90. The lowest BCUT2D eigenvalue weighted by Crippen LogP contribution is -2.51. The van der Waals surface area contributed by atoms with E-state index in [0.29, 0.717) is 61.4 Å². The van der Waals surface area contributed by atoms with Gasteiger partial charge in [-0.15, -0.1) is 0 Å². The topological polar surface area (TPSA) is 121 Å². The van der Waals surface area contributed by atoms with Gasteiger partial charge in [0.1, 0.15) is 17.1 Å². The maximum atomic E-state index is 14.1. The molecule has 0 saturated carbocycles. The average Bonchev–Trinajstić information content (AvgIpc) is 3.15. The largest absolute Gasteiger partial charge is 0.508 e. The molecule has 10 nitrogen and oxygen atoms in total. The van der Waals surface area contributed by atoms with Crippen LogP contribution in [0, 0.1) is 11.8 Å². The first-order valence-corrected chi connectivity index (χ1v) is 16.4. The number of anilines is 1. The standard InChI is InChI=1S/C41H29N3O7/c45-28-15-17-33-36(23-28)51-37-24-29(46)16-18-34(37)38(33)31-10-4-5-11-32(31)39(47)42-19-21-43(22-20-42)41(49)50-25-44-35-12-6-2-8-27(35)14-13-26-7-1-3-9-30(26)40(44)48/h1-12,15-18,23-24,45H,19-22,25H2. The van der Waals surface area contributed by atoms with Crippen LogP contribution in [0.4, 0.5) is 10.5 Å². The first kappa shape index (κ1) is 31.4. The van der Waals surface area contributed by atoms with Crippen LogP contribution in [0.15, 0.2) is 118 Å². The summed E-state index contributed by atoms with van der Waals surface area (Å²) in [6.45, 7) is 0.667. The summed E-state index contributed by atoms with van der Waals surface area (Å²) in [5.74, 6) is 6.00. The number of piperazine rings is 1. The van der Waals surface area contributed by atoms with Crippen molar-refractivity contribution >= 4 is 34.6 Å². The van der Waals surface area contributed by atoms with Crippen LogP contribution in [-0.2, 0) is 4.74 Å². The van der Waals surface area contributed by atoms with E-state index in [0.717, 1.165) is 0 Å². The third-order valence-electron chi connectivity index (χ3n) is 9.18. The summed E-state index contributed by atoms with van der Waals surface area (Å²) in [5, 5.41) is 10.8. The van der Waals surface area contributed by atoms with Gasteiger partial charge in [0.25, 0.3) is 11.8 Å². The number of ether oxygens (including phenoxy) is 1. The molecule has 8 rings (SSSR count). The van der Waals surface area contributed by atoms with Crippen molar-refractivity contribution in [3.63, 3.8) is 0 Å². The molecule has 3 heterocycles. The van der Waals surface area contributed by atoms with Gasteiger partial charge in [-0.3, -0.25) is 19.3 Å². The molecule has 4 aromatic carbocycles. The van der Waals surface area contributed by atoms with E-state index in [4.69, 9.17) is 9.15 Å². The Morgan fingerprint density at radius 3 is 2.24 bits per heavy atom. The van der Waals surface area contributed by atoms with Crippen molar-refractivity contribution in [1.82, 2.24) is 9.80 Å². The molecule has 10 heteroatoms. The number of phenolic OH excluding ortho intramolecular Hbond substituents is 1. The zero-order chi connectivity index (χ0) is 35.1. The number of rotatable bonds is 4. The Balaban J connectivity index is 1.01. The number of carbonyl (C=O) groups excluding carboxylic acids is 3. The van der Waals surface area contributed by atoms with Crippen LogP contribution in [-0.4, -0.2) is 65.7 Å². The molecule has 1 saturated heterocycles. The Bertz CT molecular complexity index is 2470. The van der Waals surface area contributed by atoms with E-state index in [2.05, 4.69) is 11.8 Å². The van der Waals surface area contributed by atoms with Crippen molar-refractivity contribution < 1.29 is 28.6 Å². The molecule has 51 heavy (non-hydrogen) atoms. The second-order valence-electron chi connectivity index (χ2n) is 12.2. The highest BCUT2D eigenvalue weighted by atomic mass is 16.6. The fourth-order valence-corrected chi connectivity index (χ4v) is 6.62. The molecule has 0 radical (unpaired) electrons. The van der Waals surface area contributed by atoms with Crippen LogP contribution >= 0.6 is 0 Å². The van der Waals surface area contributed by atoms with Gasteiger partial charge in [-0.05, 0) is 60.2 Å². The lowest BCUT2D eigenvalue weighted by Gasteiger charge is -2.35. The fraction of sp³-hybridized carbons (Fsp3) is 0.122. The molecular weight excluding hydrogens is 646 g/mol. The van der Waals surface area contributed by atoms with Gasteiger partial charge in [-0.2, -0.15) is 0 Å². The molecule has 1 N–H and O–H groups in total. The molecule has 250 valence electrons. The van der Waals surface area contributed by atoms with Gasteiger partial charge >= 0.3 is 6.09 Å². The summed E-state index contributed by atoms with van der Waals surface area (Å²) in [5.41, 5.74) is 4.78. The van der Waals surface area contributed by atoms with E-state index in [1.807, 2.05) is 30.3 Å². The molecule has 1 fully saturated rings. The summed E-state index contributed by atoms with van der Waals surface area (Å²) in [7, 11) is 0. The molecule has 0 aromatic heterocycles. The molecular formula is C41H29N3O7. The quantitative estimate of drug-likeness (QED) is 0.175. The van der Waals surface area contributed by atoms with Crippen molar-refractivity contribution in [2.45, 2.75) is 0 Å². The predicted molar refractivity (Wildman–Crippen MR) is 191 cm³/mol. The number of hydrogen-bond acceptors (Lipinski definition) is 7. The van der Waals surface area contributed by atoms with Crippen LogP contribution in [0.5, 0.6) is 5.75 Å². The summed E-state index contributed by atoms with van der Waals surface area (Å²) in [6.07, 6.45) is -0.596. The number of para-hydroxylation sites is 1. The molecule has 3 aliphatic heterocycles. The molecule has 4 aliphatic rings. The van der Waals surface area contributed by atoms with Crippen molar-refractivity contribution in [2.75, 3.05) is 37.8 Å². The highest BCUT2D eigenvalue weighted by Gasteiger charge is 2.30. The van der Waals surface area contributed by atoms with E-state index in [9.17, 15) is 24.3 Å². The van der Waals surface area contributed by atoms with Crippen molar-refractivity contribution in [1.29, 1.82) is 0 Å². The number of aromatic hydroxyl groups is 1. The minimum absolute atomic E-state index is 0.00789. The maximum absolute atomic E-state index is 14.1. The van der Waals surface area contributed by atoms with Crippen LogP contribution in [0.1, 0.15) is 31.8 Å².